The lowest BCUT2D eigenvalue weighted by atomic mass is 10.3. The summed E-state index contributed by atoms with van der Waals surface area (Å²) >= 11 is 0.988. The summed E-state index contributed by atoms with van der Waals surface area (Å²) in [6.45, 7) is 5.15. The van der Waals surface area contributed by atoms with Gasteiger partial charge in [0.25, 0.3) is 0 Å². The van der Waals surface area contributed by atoms with E-state index in [0.29, 0.717) is 23.5 Å². The van der Waals surface area contributed by atoms with E-state index in [-0.39, 0.29) is 11.4 Å². The van der Waals surface area contributed by atoms with Crippen LogP contribution < -0.4 is 15.4 Å². The molecule has 1 aromatic carbocycles. The molecular formula is C15H19N7O2S2. The number of sulfonamides is 1. The highest BCUT2D eigenvalue weighted by Gasteiger charge is 2.18. The van der Waals surface area contributed by atoms with Crippen LogP contribution in [0, 0.1) is 6.92 Å². The number of hydrogen-bond acceptors (Lipinski definition) is 9. The normalized spacial score (nSPS) is 11.6. The van der Waals surface area contributed by atoms with Crippen molar-refractivity contribution < 1.29 is 8.42 Å². The molecule has 3 N–H and O–H groups in total. The number of nitrogens with one attached hydrogen (secondary N) is 3. The maximum absolute atomic E-state index is 12.5. The Balaban J connectivity index is 1.62. The Morgan fingerprint density at radius 1 is 1.12 bits per heavy atom. The van der Waals surface area contributed by atoms with Crippen LogP contribution in [0.2, 0.25) is 0 Å². The van der Waals surface area contributed by atoms with Crippen LogP contribution >= 0.6 is 11.7 Å². The smallest absolute Gasteiger partial charge is 0.242 e. The van der Waals surface area contributed by atoms with Crippen LogP contribution in [-0.2, 0) is 10.0 Å². The first-order chi connectivity index (χ1) is 12.5. The monoisotopic (exact) mass is 393 g/mol. The van der Waals surface area contributed by atoms with E-state index >= 15 is 0 Å². The topological polar surface area (TPSA) is 122 Å². The molecule has 0 bridgehead atoms. The third kappa shape index (κ3) is 4.23. The van der Waals surface area contributed by atoms with Crippen molar-refractivity contribution in [3.8, 4) is 0 Å². The van der Waals surface area contributed by atoms with Gasteiger partial charge in [0, 0.05) is 31.4 Å². The Hall–Kier alpha value is -2.37. The highest BCUT2D eigenvalue weighted by Crippen LogP contribution is 2.20. The first kappa shape index (κ1) is 18.4. The number of hydrogen-bond donors (Lipinski definition) is 3. The molecule has 0 saturated carbocycles. The molecule has 0 spiro atoms. The number of anilines is 2. The zero-order valence-corrected chi connectivity index (χ0v) is 16.0. The first-order valence-corrected chi connectivity index (χ1v) is 10.3. The summed E-state index contributed by atoms with van der Waals surface area (Å²) in [5.41, 5.74) is 1.78. The number of aryl methyl sites for hydroxylation is 1. The van der Waals surface area contributed by atoms with Gasteiger partial charge in [-0.05, 0) is 26.0 Å². The van der Waals surface area contributed by atoms with Gasteiger partial charge in [0.2, 0.25) is 16.0 Å². The Morgan fingerprint density at radius 3 is 2.77 bits per heavy atom. The second kappa shape index (κ2) is 7.89. The second-order valence-corrected chi connectivity index (χ2v) is 7.72. The van der Waals surface area contributed by atoms with Crippen LogP contribution in [0.4, 0.5) is 11.8 Å². The maximum Gasteiger partial charge on any atom is 0.242 e. The maximum atomic E-state index is 12.5. The molecule has 9 nitrogen and oxygen atoms in total. The van der Waals surface area contributed by atoms with E-state index in [1.807, 2.05) is 19.9 Å². The number of benzene rings is 1. The molecule has 0 unspecified atom stereocenters. The Labute approximate surface area is 155 Å². The van der Waals surface area contributed by atoms with E-state index in [1.54, 1.807) is 12.1 Å². The van der Waals surface area contributed by atoms with Crippen molar-refractivity contribution in [2.75, 3.05) is 30.3 Å². The van der Waals surface area contributed by atoms with Crippen LogP contribution in [0.1, 0.15) is 12.6 Å². The Kier molecular flexibility index (Phi) is 5.59. The quantitative estimate of drug-likeness (QED) is 0.494. The van der Waals surface area contributed by atoms with Crippen LogP contribution in [0.25, 0.3) is 11.0 Å². The van der Waals surface area contributed by atoms with Gasteiger partial charge in [0.15, 0.2) is 0 Å². The highest BCUT2D eigenvalue weighted by atomic mass is 32.2. The van der Waals surface area contributed by atoms with E-state index in [4.69, 9.17) is 0 Å². The molecule has 0 aliphatic carbocycles. The minimum atomic E-state index is -3.68. The molecule has 2 aromatic heterocycles. The molecule has 0 aliphatic heterocycles. The molecule has 0 saturated heterocycles. The van der Waals surface area contributed by atoms with Crippen LogP contribution in [-0.4, -0.2) is 46.8 Å². The molecule has 26 heavy (non-hydrogen) atoms. The van der Waals surface area contributed by atoms with Gasteiger partial charge in [-0.2, -0.15) is 13.7 Å². The van der Waals surface area contributed by atoms with Crippen molar-refractivity contribution in [1.82, 2.24) is 23.4 Å². The van der Waals surface area contributed by atoms with Gasteiger partial charge in [0.05, 0.1) is 11.7 Å². The number of rotatable bonds is 8. The number of nitrogens with zero attached hydrogens (tertiary/aromatic N) is 4. The molecule has 0 atom stereocenters. The SMILES string of the molecule is CCNc1cc(C)nc(NCCNS(=O)(=O)c2cccc3nsnc23)n1. The Morgan fingerprint density at radius 2 is 1.96 bits per heavy atom. The van der Waals surface area contributed by atoms with Crippen molar-refractivity contribution in [3.63, 3.8) is 0 Å². The van der Waals surface area contributed by atoms with E-state index in [9.17, 15) is 8.42 Å². The molecule has 3 rings (SSSR count). The predicted octanol–water partition coefficient (Wildman–Crippen LogP) is 1.61. The van der Waals surface area contributed by atoms with Gasteiger partial charge in [-0.25, -0.2) is 18.1 Å². The van der Waals surface area contributed by atoms with Gasteiger partial charge < -0.3 is 10.6 Å². The summed E-state index contributed by atoms with van der Waals surface area (Å²) in [7, 11) is -3.68. The van der Waals surface area contributed by atoms with Gasteiger partial charge in [0.1, 0.15) is 21.7 Å². The predicted molar refractivity (Wildman–Crippen MR) is 102 cm³/mol. The van der Waals surface area contributed by atoms with Gasteiger partial charge >= 0.3 is 0 Å². The fourth-order valence-electron chi connectivity index (χ4n) is 2.35. The van der Waals surface area contributed by atoms with Crippen molar-refractivity contribution in [2.24, 2.45) is 0 Å². The average Bonchev–Trinajstić information content (AvgIpc) is 3.07. The van der Waals surface area contributed by atoms with E-state index in [0.717, 1.165) is 29.8 Å². The molecule has 11 heteroatoms. The molecule has 138 valence electrons. The summed E-state index contributed by atoms with van der Waals surface area (Å²) in [4.78, 5) is 8.74. The fraction of sp³-hybridized carbons (Fsp3) is 0.333. The lowest BCUT2D eigenvalue weighted by molar-refractivity contribution is 0.583. The van der Waals surface area contributed by atoms with Crippen molar-refractivity contribution in [3.05, 3.63) is 30.0 Å². The summed E-state index contributed by atoms with van der Waals surface area (Å²) in [5, 5.41) is 6.15. The van der Waals surface area contributed by atoms with Crippen molar-refractivity contribution >= 4 is 44.6 Å². The van der Waals surface area contributed by atoms with Crippen LogP contribution in [0.15, 0.2) is 29.2 Å². The fourth-order valence-corrected chi connectivity index (χ4v) is 4.15. The molecule has 2 heterocycles. The molecule has 3 aromatic rings. The minimum Gasteiger partial charge on any atom is -0.370 e. The number of fused-ring (bicyclic) bond motifs is 1. The largest absolute Gasteiger partial charge is 0.370 e. The zero-order valence-electron chi connectivity index (χ0n) is 14.4. The van der Waals surface area contributed by atoms with E-state index < -0.39 is 10.0 Å². The zero-order chi connectivity index (χ0) is 18.6. The summed E-state index contributed by atoms with van der Waals surface area (Å²) in [5.74, 6) is 1.18. The summed E-state index contributed by atoms with van der Waals surface area (Å²) in [6.07, 6.45) is 0. The van der Waals surface area contributed by atoms with E-state index in [1.165, 1.54) is 6.07 Å². The second-order valence-electron chi connectivity index (χ2n) is 5.46. The Bertz CT molecular complexity index is 1000. The minimum absolute atomic E-state index is 0.130. The molecule has 0 aliphatic rings. The summed E-state index contributed by atoms with van der Waals surface area (Å²) in [6, 6.07) is 6.75. The molecule has 0 fully saturated rings. The van der Waals surface area contributed by atoms with Gasteiger partial charge in [-0.15, -0.1) is 0 Å². The average molecular weight is 393 g/mol. The van der Waals surface area contributed by atoms with Crippen LogP contribution in [0.3, 0.4) is 0 Å². The number of aromatic nitrogens is 4. The van der Waals surface area contributed by atoms with Gasteiger partial charge in [-0.1, -0.05) is 6.07 Å². The third-order valence-electron chi connectivity index (χ3n) is 3.45. The molecule has 0 radical (unpaired) electrons. The third-order valence-corrected chi connectivity index (χ3v) is 5.49. The van der Waals surface area contributed by atoms with Crippen molar-refractivity contribution in [1.29, 1.82) is 0 Å². The van der Waals surface area contributed by atoms with Crippen molar-refractivity contribution in [2.45, 2.75) is 18.7 Å². The molecular weight excluding hydrogens is 374 g/mol. The van der Waals surface area contributed by atoms with Crippen LogP contribution in [0.5, 0.6) is 0 Å². The molecule has 0 amide bonds. The first-order valence-electron chi connectivity index (χ1n) is 8.04. The standard InChI is InChI=1S/C15H19N7O2S2/c1-3-16-13-9-10(2)19-15(20-13)17-7-8-18-26(23,24)12-6-4-5-11-14(12)22-25-21-11/h4-6,9,18H,3,7-8H2,1-2H3,(H2,16,17,19,20). The van der Waals surface area contributed by atoms with Gasteiger partial charge in [-0.3, -0.25) is 0 Å². The van der Waals surface area contributed by atoms with E-state index in [2.05, 4.69) is 34.1 Å². The highest BCUT2D eigenvalue weighted by molar-refractivity contribution is 7.89. The summed E-state index contributed by atoms with van der Waals surface area (Å²) < 4.78 is 35.7. The lowest BCUT2D eigenvalue weighted by Gasteiger charge is -2.10. The lowest BCUT2D eigenvalue weighted by Crippen LogP contribution is -2.29.